The molecule has 19 heavy (non-hydrogen) atoms. The molecular weight excluding hydrogens is 306 g/mol. The van der Waals surface area contributed by atoms with Crippen molar-refractivity contribution < 1.29 is 9.47 Å². The molecule has 0 aliphatic heterocycles. The summed E-state index contributed by atoms with van der Waals surface area (Å²) in [6.07, 6.45) is 3.54. The molecule has 0 spiro atoms. The Morgan fingerprint density at radius 3 is 2.79 bits per heavy atom. The van der Waals surface area contributed by atoms with Crippen LogP contribution in [0.1, 0.15) is 24.0 Å². The average molecular weight is 328 g/mol. The van der Waals surface area contributed by atoms with Crippen molar-refractivity contribution in [3.8, 4) is 5.75 Å². The van der Waals surface area contributed by atoms with Crippen molar-refractivity contribution in [1.29, 1.82) is 0 Å². The van der Waals surface area contributed by atoms with Gasteiger partial charge in [-0.05, 0) is 49.4 Å². The molecule has 1 aliphatic rings. The molecule has 0 amide bonds. The molecule has 4 heteroatoms. The monoisotopic (exact) mass is 327 g/mol. The fourth-order valence-corrected chi connectivity index (χ4v) is 2.38. The number of rotatable bonds is 8. The summed E-state index contributed by atoms with van der Waals surface area (Å²) in [6.45, 7) is 4.54. The second-order valence-electron chi connectivity index (χ2n) is 5.00. The summed E-state index contributed by atoms with van der Waals surface area (Å²) < 4.78 is 12.2. The maximum Gasteiger partial charge on any atom is 0.122 e. The second-order valence-corrected chi connectivity index (χ2v) is 5.86. The SMILES string of the molecule is COc1cc(C)c(Br)cc1CCOCCNC1CC1. The normalized spacial score (nSPS) is 14.7. The molecular formula is C15H22BrNO2. The molecule has 0 unspecified atom stereocenters. The summed E-state index contributed by atoms with van der Waals surface area (Å²) in [6, 6.07) is 4.95. The highest BCUT2D eigenvalue weighted by molar-refractivity contribution is 9.10. The van der Waals surface area contributed by atoms with Gasteiger partial charge in [-0.15, -0.1) is 0 Å². The lowest BCUT2D eigenvalue weighted by atomic mass is 10.1. The van der Waals surface area contributed by atoms with E-state index >= 15 is 0 Å². The van der Waals surface area contributed by atoms with Gasteiger partial charge in [-0.1, -0.05) is 15.9 Å². The van der Waals surface area contributed by atoms with E-state index in [-0.39, 0.29) is 0 Å². The Kier molecular flexibility index (Phi) is 5.67. The van der Waals surface area contributed by atoms with E-state index in [1.165, 1.54) is 24.0 Å². The molecule has 0 bridgehead atoms. The van der Waals surface area contributed by atoms with E-state index in [2.05, 4.69) is 40.3 Å². The van der Waals surface area contributed by atoms with Gasteiger partial charge in [0.15, 0.2) is 0 Å². The van der Waals surface area contributed by atoms with Gasteiger partial charge in [0, 0.05) is 17.1 Å². The zero-order chi connectivity index (χ0) is 13.7. The van der Waals surface area contributed by atoms with Gasteiger partial charge in [0.05, 0.1) is 20.3 Å². The maximum atomic E-state index is 5.65. The predicted octanol–water partition coefficient (Wildman–Crippen LogP) is 3.08. The van der Waals surface area contributed by atoms with Gasteiger partial charge in [0.25, 0.3) is 0 Å². The van der Waals surface area contributed by atoms with Crippen LogP contribution in [0.5, 0.6) is 5.75 Å². The number of methoxy groups -OCH3 is 1. The smallest absolute Gasteiger partial charge is 0.122 e. The first kappa shape index (κ1) is 14.8. The van der Waals surface area contributed by atoms with Crippen molar-refractivity contribution in [2.75, 3.05) is 26.9 Å². The van der Waals surface area contributed by atoms with Crippen molar-refractivity contribution in [2.45, 2.75) is 32.2 Å². The molecule has 106 valence electrons. The number of hydrogen-bond donors (Lipinski definition) is 1. The number of hydrogen-bond acceptors (Lipinski definition) is 3. The van der Waals surface area contributed by atoms with Crippen LogP contribution in [0.3, 0.4) is 0 Å². The Hall–Kier alpha value is -0.580. The minimum atomic E-state index is 0.734. The minimum absolute atomic E-state index is 0.734. The van der Waals surface area contributed by atoms with Crippen LogP contribution >= 0.6 is 15.9 Å². The van der Waals surface area contributed by atoms with E-state index in [0.29, 0.717) is 0 Å². The molecule has 0 saturated heterocycles. The van der Waals surface area contributed by atoms with Crippen LogP contribution < -0.4 is 10.1 Å². The minimum Gasteiger partial charge on any atom is -0.496 e. The molecule has 1 aromatic rings. The van der Waals surface area contributed by atoms with Gasteiger partial charge in [-0.3, -0.25) is 0 Å². The standard InChI is InChI=1S/C15H22BrNO2/c1-11-9-15(18-2)12(10-14(11)16)5-7-19-8-6-17-13-3-4-13/h9-10,13,17H,3-8H2,1-2H3. The molecule has 3 nitrogen and oxygen atoms in total. The maximum absolute atomic E-state index is 5.65. The van der Waals surface area contributed by atoms with E-state index in [9.17, 15) is 0 Å². The third-order valence-corrected chi connectivity index (χ3v) is 4.19. The van der Waals surface area contributed by atoms with Crippen LogP contribution in [-0.2, 0) is 11.2 Å². The van der Waals surface area contributed by atoms with E-state index in [1.54, 1.807) is 7.11 Å². The lowest BCUT2D eigenvalue weighted by molar-refractivity contribution is 0.138. The third kappa shape index (κ3) is 4.79. The number of ether oxygens (including phenoxy) is 2. The molecule has 1 aromatic carbocycles. The summed E-state index contributed by atoms with van der Waals surface area (Å²) >= 11 is 3.56. The Bertz CT molecular complexity index is 419. The van der Waals surface area contributed by atoms with Gasteiger partial charge in [0.2, 0.25) is 0 Å². The second kappa shape index (κ2) is 7.27. The summed E-state index contributed by atoms with van der Waals surface area (Å²) in [5.74, 6) is 0.945. The average Bonchev–Trinajstić information content (AvgIpc) is 3.21. The fourth-order valence-electron chi connectivity index (χ4n) is 1.99. The van der Waals surface area contributed by atoms with Crippen LogP contribution in [0.2, 0.25) is 0 Å². The van der Waals surface area contributed by atoms with Crippen molar-refractivity contribution >= 4 is 15.9 Å². The molecule has 0 radical (unpaired) electrons. The summed E-state index contributed by atoms with van der Waals surface area (Å²) in [4.78, 5) is 0. The predicted molar refractivity (Wildman–Crippen MR) is 81.0 cm³/mol. The zero-order valence-electron chi connectivity index (χ0n) is 11.7. The van der Waals surface area contributed by atoms with Crippen molar-refractivity contribution in [1.82, 2.24) is 5.32 Å². The number of halogens is 1. The number of nitrogens with one attached hydrogen (secondary N) is 1. The van der Waals surface area contributed by atoms with Gasteiger partial charge in [-0.25, -0.2) is 0 Å². The molecule has 0 atom stereocenters. The van der Waals surface area contributed by atoms with Gasteiger partial charge >= 0.3 is 0 Å². The highest BCUT2D eigenvalue weighted by atomic mass is 79.9. The molecule has 0 heterocycles. The van der Waals surface area contributed by atoms with Crippen LogP contribution in [-0.4, -0.2) is 32.9 Å². The number of aryl methyl sites for hydroxylation is 1. The molecule has 0 aromatic heterocycles. The first-order valence-corrected chi connectivity index (χ1v) is 7.64. The van der Waals surface area contributed by atoms with Gasteiger partial charge < -0.3 is 14.8 Å². The quantitative estimate of drug-likeness (QED) is 0.744. The summed E-state index contributed by atoms with van der Waals surface area (Å²) in [5.41, 5.74) is 2.38. The molecule has 1 saturated carbocycles. The van der Waals surface area contributed by atoms with Crippen LogP contribution in [0.4, 0.5) is 0 Å². The largest absolute Gasteiger partial charge is 0.496 e. The zero-order valence-corrected chi connectivity index (χ0v) is 13.3. The van der Waals surface area contributed by atoms with Crippen LogP contribution in [0, 0.1) is 6.92 Å². The van der Waals surface area contributed by atoms with E-state index in [1.807, 2.05) is 0 Å². The first-order chi connectivity index (χ1) is 9.20. The Morgan fingerprint density at radius 1 is 1.32 bits per heavy atom. The summed E-state index contributed by atoms with van der Waals surface area (Å²) in [5, 5.41) is 3.44. The molecule has 1 N–H and O–H groups in total. The van der Waals surface area contributed by atoms with Crippen molar-refractivity contribution in [3.63, 3.8) is 0 Å². The fraction of sp³-hybridized carbons (Fsp3) is 0.600. The molecule has 2 rings (SSSR count). The van der Waals surface area contributed by atoms with Crippen molar-refractivity contribution in [2.24, 2.45) is 0 Å². The lowest BCUT2D eigenvalue weighted by Crippen LogP contribution is -2.22. The summed E-state index contributed by atoms with van der Waals surface area (Å²) in [7, 11) is 1.71. The highest BCUT2D eigenvalue weighted by Crippen LogP contribution is 2.27. The third-order valence-electron chi connectivity index (χ3n) is 3.33. The Morgan fingerprint density at radius 2 is 2.11 bits per heavy atom. The van der Waals surface area contributed by atoms with E-state index in [4.69, 9.17) is 9.47 Å². The Balaban J connectivity index is 1.73. The van der Waals surface area contributed by atoms with Crippen LogP contribution in [0.25, 0.3) is 0 Å². The molecule has 1 aliphatic carbocycles. The molecule has 1 fully saturated rings. The van der Waals surface area contributed by atoms with Gasteiger partial charge in [0.1, 0.15) is 5.75 Å². The Labute approximate surface area is 123 Å². The van der Waals surface area contributed by atoms with Crippen molar-refractivity contribution in [3.05, 3.63) is 27.7 Å². The topological polar surface area (TPSA) is 30.5 Å². The lowest BCUT2D eigenvalue weighted by Gasteiger charge is -2.11. The first-order valence-electron chi connectivity index (χ1n) is 6.85. The highest BCUT2D eigenvalue weighted by Gasteiger charge is 2.19. The number of benzene rings is 1. The van der Waals surface area contributed by atoms with Crippen LogP contribution in [0.15, 0.2) is 16.6 Å². The van der Waals surface area contributed by atoms with Gasteiger partial charge in [-0.2, -0.15) is 0 Å². The van der Waals surface area contributed by atoms with E-state index < -0.39 is 0 Å². The van der Waals surface area contributed by atoms with E-state index in [0.717, 1.165) is 42.4 Å².